The third-order valence-corrected chi connectivity index (χ3v) is 4.64. The van der Waals surface area contributed by atoms with Crippen LogP contribution in [0.15, 0.2) is 36.7 Å². The lowest BCUT2D eigenvalue weighted by Crippen LogP contribution is -2.45. The van der Waals surface area contributed by atoms with Gasteiger partial charge in [0.25, 0.3) is 0 Å². The fourth-order valence-corrected chi connectivity index (χ4v) is 3.21. The van der Waals surface area contributed by atoms with E-state index in [2.05, 4.69) is 46.1 Å². The number of hydrogen-bond acceptors (Lipinski definition) is 5. The first-order valence-corrected chi connectivity index (χ1v) is 8.16. The van der Waals surface area contributed by atoms with Gasteiger partial charge in [-0.3, -0.25) is 0 Å². The standard InChI is InChI=1S/C18H21N3O2/c1-14-2-4-15(5-3-14)16-12-19-17(20-13-16)21-8-6-18(7-9-21)22-10-11-23-18/h2-5,12-13H,6-11H2,1H3. The highest BCUT2D eigenvalue weighted by Gasteiger charge is 2.40. The number of nitrogens with zero attached hydrogens (tertiary/aromatic N) is 3. The van der Waals surface area contributed by atoms with Crippen LogP contribution in [0.1, 0.15) is 18.4 Å². The highest BCUT2D eigenvalue weighted by atomic mass is 16.7. The number of benzene rings is 1. The van der Waals surface area contributed by atoms with Crippen LogP contribution >= 0.6 is 0 Å². The lowest BCUT2D eigenvalue weighted by Gasteiger charge is -2.37. The van der Waals surface area contributed by atoms with E-state index < -0.39 is 0 Å². The second-order valence-electron chi connectivity index (χ2n) is 6.23. The molecule has 2 aliphatic rings. The Kier molecular flexibility index (Phi) is 3.75. The minimum absolute atomic E-state index is 0.349. The molecule has 3 heterocycles. The van der Waals surface area contributed by atoms with Gasteiger partial charge in [-0.25, -0.2) is 9.97 Å². The molecular weight excluding hydrogens is 290 g/mol. The smallest absolute Gasteiger partial charge is 0.225 e. The minimum Gasteiger partial charge on any atom is -0.347 e. The van der Waals surface area contributed by atoms with Crippen molar-refractivity contribution >= 4 is 5.95 Å². The lowest BCUT2D eigenvalue weighted by molar-refractivity contribution is -0.169. The number of ether oxygens (including phenoxy) is 2. The third-order valence-electron chi connectivity index (χ3n) is 4.64. The second kappa shape index (κ2) is 5.91. The van der Waals surface area contributed by atoms with Gasteiger partial charge in [-0.2, -0.15) is 0 Å². The van der Waals surface area contributed by atoms with Gasteiger partial charge in [0.15, 0.2) is 5.79 Å². The first-order valence-electron chi connectivity index (χ1n) is 8.16. The molecule has 1 spiro atoms. The topological polar surface area (TPSA) is 47.5 Å². The van der Waals surface area contributed by atoms with E-state index in [9.17, 15) is 0 Å². The van der Waals surface area contributed by atoms with E-state index in [0.717, 1.165) is 43.0 Å². The Morgan fingerprint density at radius 3 is 2.13 bits per heavy atom. The van der Waals surface area contributed by atoms with Gasteiger partial charge in [-0.1, -0.05) is 29.8 Å². The number of aromatic nitrogens is 2. The van der Waals surface area contributed by atoms with Crippen molar-refractivity contribution in [1.82, 2.24) is 9.97 Å². The zero-order valence-corrected chi connectivity index (χ0v) is 13.4. The fourth-order valence-electron chi connectivity index (χ4n) is 3.21. The molecule has 5 heteroatoms. The van der Waals surface area contributed by atoms with Gasteiger partial charge in [-0.15, -0.1) is 0 Å². The average Bonchev–Trinajstić information content (AvgIpc) is 3.05. The molecule has 0 atom stereocenters. The summed E-state index contributed by atoms with van der Waals surface area (Å²) in [6, 6.07) is 8.42. The quantitative estimate of drug-likeness (QED) is 0.853. The zero-order valence-electron chi connectivity index (χ0n) is 13.4. The maximum Gasteiger partial charge on any atom is 0.225 e. The number of rotatable bonds is 2. The summed E-state index contributed by atoms with van der Waals surface area (Å²) < 4.78 is 11.5. The van der Waals surface area contributed by atoms with E-state index in [1.807, 2.05) is 12.4 Å². The Bertz CT molecular complexity index is 654. The van der Waals surface area contributed by atoms with Crippen LogP contribution in [0.5, 0.6) is 0 Å². The highest BCUT2D eigenvalue weighted by Crippen LogP contribution is 2.32. The average molecular weight is 311 g/mol. The van der Waals surface area contributed by atoms with Crippen LogP contribution in [0.3, 0.4) is 0 Å². The van der Waals surface area contributed by atoms with Crippen molar-refractivity contribution in [3.63, 3.8) is 0 Å². The molecule has 0 aliphatic carbocycles. The minimum atomic E-state index is -0.349. The van der Waals surface area contributed by atoms with Crippen LogP contribution in [0.25, 0.3) is 11.1 Å². The second-order valence-corrected chi connectivity index (χ2v) is 6.23. The molecule has 0 amide bonds. The largest absolute Gasteiger partial charge is 0.347 e. The molecule has 2 aliphatic heterocycles. The molecule has 4 rings (SSSR count). The van der Waals surface area contributed by atoms with Gasteiger partial charge in [0.1, 0.15) is 0 Å². The molecular formula is C18H21N3O2. The summed E-state index contributed by atoms with van der Waals surface area (Å²) in [5.74, 6) is 0.437. The maximum atomic E-state index is 5.76. The highest BCUT2D eigenvalue weighted by molar-refractivity contribution is 5.62. The molecule has 2 aromatic rings. The van der Waals surface area contributed by atoms with Gasteiger partial charge < -0.3 is 14.4 Å². The van der Waals surface area contributed by atoms with Crippen molar-refractivity contribution < 1.29 is 9.47 Å². The predicted octanol–water partition coefficient (Wildman–Crippen LogP) is 2.80. The van der Waals surface area contributed by atoms with Gasteiger partial charge in [0.05, 0.1) is 13.2 Å². The Balaban J connectivity index is 1.45. The van der Waals surface area contributed by atoms with Crippen LogP contribution in [-0.2, 0) is 9.47 Å². The SMILES string of the molecule is Cc1ccc(-c2cnc(N3CCC4(CC3)OCCO4)nc2)cc1. The molecule has 0 unspecified atom stereocenters. The van der Waals surface area contributed by atoms with Gasteiger partial charge in [0.2, 0.25) is 5.95 Å². The van der Waals surface area contributed by atoms with Crippen LogP contribution in [-0.4, -0.2) is 42.1 Å². The normalized spacial score (nSPS) is 20.1. The molecule has 1 aromatic heterocycles. The molecule has 1 aromatic carbocycles. The van der Waals surface area contributed by atoms with Crippen molar-refractivity contribution in [2.45, 2.75) is 25.6 Å². The van der Waals surface area contributed by atoms with Gasteiger partial charge in [-0.05, 0) is 12.5 Å². The van der Waals surface area contributed by atoms with Crippen molar-refractivity contribution in [3.8, 4) is 11.1 Å². The third kappa shape index (κ3) is 2.94. The van der Waals surface area contributed by atoms with Crippen molar-refractivity contribution in [2.24, 2.45) is 0 Å². The molecule has 5 nitrogen and oxygen atoms in total. The Morgan fingerprint density at radius 2 is 1.52 bits per heavy atom. The Morgan fingerprint density at radius 1 is 0.913 bits per heavy atom. The van der Waals surface area contributed by atoms with Crippen molar-refractivity contribution in [3.05, 3.63) is 42.2 Å². The number of anilines is 1. The first kappa shape index (κ1) is 14.6. The molecule has 120 valence electrons. The molecule has 0 radical (unpaired) electrons. The Hall–Kier alpha value is -1.98. The Labute approximate surface area is 136 Å². The maximum absolute atomic E-state index is 5.76. The van der Waals surface area contributed by atoms with Gasteiger partial charge >= 0.3 is 0 Å². The van der Waals surface area contributed by atoms with Crippen LogP contribution in [0.4, 0.5) is 5.95 Å². The molecule has 2 fully saturated rings. The zero-order chi connectivity index (χ0) is 15.7. The van der Waals surface area contributed by atoms with E-state index in [1.165, 1.54) is 5.56 Å². The number of piperidine rings is 1. The summed E-state index contributed by atoms with van der Waals surface area (Å²) in [4.78, 5) is 11.3. The molecule has 0 N–H and O–H groups in total. The monoisotopic (exact) mass is 311 g/mol. The number of hydrogen-bond donors (Lipinski definition) is 0. The summed E-state index contributed by atoms with van der Waals surface area (Å²) in [6.07, 6.45) is 5.55. The summed E-state index contributed by atoms with van der Waals surface area (Å²) in [7, 11) is 0. The number of aryl methyl sites for hydroxylation is 1. The molecule has 23 heavy (non-hydrogen) atoms. The molecule has 0 saturated carbocycles. The van der Waals surface area contributed by atoms with E-state index in [4.69, 9.17) is 9.47 Å². The van der Waals surface area contributed by atoms with Crippen molar-refractivity contribution in [1.29, 1.82) is 0 Å². The van der Waals surface area contributed by atoms with Crippen LogP contribution in [0.2, 0.25) is 0 Å². The summed E-state index contributed by atoms with van der Waals surface area (Å²) >= 11 is 0. The summed E-state index contributed by atoms with van der Waals surface area (Å²) in [5, 5.41) is 0. The van der Waals surface area contributed by atoms with Gasteiger partial charge in [0, 0.05) is 43.9 Å². The molecule has 2 saturated heterocycles. The summed E-state index contributed by atoms with van der Waals surface area (Å²) in [5.41, 5.74) is 3.45. The predicted molar refractivity (Wildman–Crippen MR) is 88.3 cm³/mol. The van der Waals surface area contributed by atoms with Crippen molar-refractivity contribution in [2.75, 3.05) is 31.2 Å². The van der Waals surface area contributed by atoms with Crippen LogP contribution < -0.4 is 4.90 Å². The summed E-state index contributed by atoms with van der Waals surface area (Å²) in [6.45, 7) is 5.24. The molecule has 0 bridgehead atoms. The van der Waals surface area contributed by atoms with E-state index >= 15 is 0 Å². The van der Waals surface area contributed by atoms with Crippen LogP contribution in [0, 0.1) is 6.92 Å². The van der Waals surface area contributed by atoms with E-state index in [1.54, 1.807) is 0 Å². The lowest BCUT2D eigenvalue weighted by atomic mass is 10.0. The van der Waals surface area contributed by atoms with E-state index in [0.29, 0.717) is 13.2 Å². The first-order chi connectivity index (χ1) is 11.2. The fraction of sp³-hybridized carbons (Fsp3) is 0.444. The van der Waals surface area contributed by atoms with E-state index in [-0.39, 0.29) is 5.79 Å².